The Bertz CT molecular complexity index is 3510. The van der Waals surface area contributed by atoms with Crippen molar-refractivity contribution in [2.45, 2.75) is 82.0 Å². The monoisotopic (exact) mass is 1520 g/mol. The van der Waals surface area contributed by atoms with E-state index in [1.165, 1.54) is 36.8 Å². The third-order valence-electron chi connectivity index (χ3n) is 12.7. The lowest BCUT2D eigenvalue weighted by molar-refractivity contribution is -0.325. The Morgan fingerprint density at radius 2 is 0.723 bits per heavy atom. The summed E-state index contributed by atoms with van der Waals surface area (Å²) in [6.07, 6.45) is -10.9. The van der Waals surface area contributed by atoms with E-state index in [2.05, 4.69) is 59.3 Å². The van der Waals surface area contributed by atoms with E-state index in [0.717, 1.165) is 70.4 Å². The van der Waals surface area contributed by atoms with Crippen LogP contribution in [-0.4, -0.2) is 148 Å². The number of benzene rings is 3. The smallest absolute Gasteiger partial charge is 0.325 e. The van der Waals surface area contributed by atoms with Gasteiger partial charge >= 0.3 is 19.1 Å². The summed E-state index contributed by atoms with van der Waals surface area (Å²) in [7, 11) is -13.1. The largest absolute Gasteiger partial charge is 0.522 e. The van der Waals surface area contributed by atoms with Gasteiger partial charge in [0.05, 0.1) is 53.0 Å². The molecule has 3 fully saturated rings. The molecule has 94 heavy (non-hydrogen) atoms. The van der Waals surface area contributed by atoms with Gasteiger partial charge in [-0.05, 0) is 73.9 Å². The zero-order valence-corrected chi connectivity index (χ0v) is 53.4. The van der Waals surface area contributed by atoms with Crippen LogP contribution in [0.5, 0.6) is 0 Å². The summed E-state index contributed by atoms with van der Waals surface area (Å²) < 4.78 is 247. The number of thiazole rings is 3. The molecule has 0 bridgehead atoms. The van der Waals surface area contributed by atoms with Crippen molar-refractivity contribution in [1.29, 1.82) is 0 Å². The summed E-state index contributed by atoms with van der Waals surface area (Å²) in [6.45, 7) is -5.25. The molecule has 0 saturated carbocycles. The van der Waals surface area contributed by atoms with E-state index < -0.39 is 161 Å². The first-order chi connectivity index (χ1) is 43.4. The molecule has 0 radical (unpaired) electrons. The van der Waals surface area contributed by atoms with Crippen LogP contribution in [0.15, 0.2) is 89.3 Å². The van der Waals surface area contributed by atoms with E-state index in [4.69, 9.17) is 34.8 Å². The summed E-state index contributed by atoms with van der Waals surface area (Å²) in [5.74, 6) is -4.67. The zero-order valence-electron chi connectivity index (χ0n) is 46.2. The van der Waals surface area contributed by atoms with Gasteiger partial charge in [-0.15, -0.1) is 73.5 Å². The molecule has 0 aliphatic carbocycles. The first-order valence-corrected chi connectivity index (χ1v) is 33.9. The molecular formula is C49H49Cl3F12N12O12S6. The van der Waals surface area contributed by atoms with Crippen molar-refractivity contribution >= 4 is 134 Å². The molecule has 3 aliphatic heterocycles. The van der Waals surface area contributed by atoms with Crippen LogP contribution in [0.3, 0.4) is 0 Å². The van der Waals surface area contributed by atoms with Crippen LogP contribution in [-0.2, 0) is 59.2 Å². The number of nitrogens with one attached hydrogen (secondary N) is 6. The van der Waals surface area contributed by atoms with Crippen LogP contribution < -0.4 is 30.1 Å². The number of aromatic nitrogens is 3. The number of carbonyl (C=O) groups is 3. The molecule has 6 atom stereocenters. The third kappa shape index (κ3) is 22.3. The number of amides is 3. The Kier molecular flexibility index (Phi) is 26.9. The average Bonchev–Trinajstić information content (AvgIpc) is 1.05. The summed E-state index contributed by atoms with van der Waals surface area (Å²) in [6, 6.07) is 3.27. The van der Waals surface area contributed by atoms with Gasteiger partial charge in [0.2, 0.25) is 17.7 Å². The molecule has 3 aliphatic rings. The molecule has 3 aromatic heterocycles. The fourth-order valence-corrected chi connectivity index (χ4v) is 16.3. The molecule has 6 heterocycles. The average molecular weight is 1520 g/mol. The minimum absolute atomic E-state index is 0. The Morgan fingerprint density at radius 3 is 0.926 bits per heavy atom. The highest BCUT2D eigenvalue weighted by molar-refractivity contribution is 7.87. The summed E-state index contributed by atoms with van der Waals surface area (Å²) >= 11 is 20.5. The maximum atomic E-state index is 13.3. The van der Waals surface area contributed by atoms with E-state index in [1.54, 1.807) is 16.1 Å². The van der Waals surface area contributed by atoms with Crippen molar-refractivity contribution in [2.24, 2.45) is 0 Å². The molecule has 2 unspecified atom stereocenters. The number of nitrogens with zero attached hydrogens (tertiary/aromatic N) is 6. The Labute approximate surface area is 553 Å². The Morgan fingerprint density at radius 1 is 0.479 bits per heavy atom. The lowest BCUT2D eigenvalue weighted by atomic mass is 10.1. The maximum absolute atomic E-state index is 13.3. The molecular weight excluding hydrogens is 1480 g/mol. The van der Waals surface area contributed by atoms with Crippen molar-refractivity contribution in [1.82, 2.24) is 42.0 Å². The number of rotatable bonds is 18. The molecule has 518 valence electrons. The minimum Gasteiger partial charge on any atom is -0.325 e. The van der Waals surface area contributed by atoms with Gasteiger partial charge in [-0.25, -0.2) is 28.1 Å². The molecule has 3 amide bonds. The van der Waals surface area contributed by atoms with Gasteiger partial charge in [0.25, 0.3) is 30.6 Å². The van der Waals surface area contributed by atoms with Gasteiger partial charge in [-0.2, -0.15) is 52.3 Å². The highest BCUT2D eigenvalue weighted by atomic mass is 35.5. The predicted octanol–water partition coefficient (Wildman–Crippen LogP) is 9.82. The first kappa shape index (κ1) is 77.5. The lowest BCUT2D eigenvalue weighted by Crippen LogP contribution is -2.58. The van der Waals surface area contributed by atoms with Crippen LogP contribution in [0.25, 0.3) is 0 Å². The molecule has 24 nitrogen and oxygen atoms in total. The van der Waals surface area contributed by atoms with Gasteiger partial charge < -0.3 is 16.0 Å². The van der Waals surface area contributed by atoms with Crippen molar-refractivity contribution in [3.63, 3.8) is 0 Å². The minimum atomic E-state index is -4.96. The van der Waals surface area contributed by atoms with Gasteiger partial charge in [0, 0.05) is 71.4 Å². The number of hydrogen-bond acceptors (Lipinski definition) is 18. The van der Waals surface area contributed by atoms with Crippen LogP contribution in [0.4, 0.5) is 69.7 Å². The second-order valence-electron chi connectivity index (χ2n) is 19.0. The predicted molar refractivity (Wildman–Crippen MR) is 319 cm³/mol. The van der Waals surface area contributed by atoms with Crippen molar-refractivity contribution in [2.75, 3.05) is 55.4 Å². The number of halogens is 15. The lowest BCUT2D eigenvalue weighted by Gasteiger charge is -2.37. The van der Waals surface area contributed by atoms with Crippen molar-refractivity contribution < 1.29 is 107 Å². The van der Waals surface area contributed by atoms with E-state index >= 15 is 0 Å². The van der Waals surface area contributed by atoms with Crippen molar-refractivity contribution in [3.8, 4) is 0 Å². The second kappa shape index (κ2) is 32.7. The fraction of sp³-hybridized carbons (Fsp3) is 0.388. The molecule has 6 N–H and O–H groups in total. The number of alkyl halides is 9. The Balaban J connectivity index is 0.000000222. The van der Waals surface area contributed by atoms with Crippen LogP contribution in [0.2, 0.25) is 15.1 Å². The fourth-order valence-electron chi connectivity index (χ4n) is 8.78. The summed E-state index contributed by atoms with van der Waals surface area (Å²) in [5, 5.41) is 12.4. The zero-order chi connectivity index (χ0) is 68.4. The van der Waals surface area contributed by atoms with E-state index in [0.29, 0.717) is 27.9 Å². The quantitative estimate of drug-likeness (QED) is 0.0436. The van der Waals surface area contributed by atoms with Crippen LogP contribution in [0, 0.1) is 17.5 Å². The molecule has 3 saturated heterocycles. The second-order valence-corrected chi connectivity index (χ2v) is 27.9. The SMILES string of the molecule is C.O=C(Nc1ccc(F)c(Cl)c1)C1CC(c2nccs2)NS(=O)(=O)N1CCOC(F)(F)F.O=C(Nc1ccc(F)c(Cl)c1)[C@@H]1C[C@H](c2nccs2)NS(=O)(=O)N1CCOC(F)(F)F.O=C(Nc1ccc(F)c(Cl)c1)[C@H]1C[C@@H](c2nccs2)NS(=O)(=O)N1CCOC(F)(F)F. The maximum Gasteiger partial charge on any atom is 0.522 e. The van der Waals surface area contributed by atoms with E-state index in [1.807, 2.05) is 0 Å². The standard InChI is InChI=1S/3C16H15ClF4N4O4S2.CH4/c3*17-10-7-9(1-2-11(10)18)23-14(26)13-8-12(15-22-3-6-30-15)24-31(27,28)25(13)4-5-29-16(19,20)21;/h3*1-3,6-7,12-13,24H,4-5,8H2,(H,23,26);1H4/t2*12-,13+;;/m10../s1. The Hall–Kier alpha value is -5.52. The molecule has 9 rings (SSSR count). The number of hydrogen-bond donors (Lipinski definition) is 6. The third-order valence-corrected chi connectivity index (χ3v) is 21.1. The van der Waals surface area contributed by atoms with Crippen LogP contribution >= 0.6 is 68.8 Å². The topological polar surface area (TPSA) is 302 Å². The molecule has 0 spiro atoms. The summed E-state index contributed by atoms with van der Waals surface area (Å²) in [4.78, 5) is 50.7. The van der Waals surface area contributed by atoms with Gasteiger partial charge in [0.1, 0.15) is 50.6 Å². The molecule has 6 aromatic rings. The van der Waals surface area contributed by atoms with Crippen LogP contribution in [0.1, 0.15) is 59.8 Å². The number of carbonyl (C=O) groups excluding carboxylic acids is 3. The normalized spacial score (nSPS) is 21.5. The highest BCUT2D eigenvalue weighted by Crippen LogP contribution is 2.35. The highest BCUT2D eigenvalue weighted by Gasteiger charge is 2.47. The van der Waals surface area contributed by atoms with E-state index in [-0.39, 0.29) is 58.8 Å². The molecule has 3 aromatic carbocycles. The number of ether oxygens (including phenoxy) is 3. The summed E-state index contributed by atoms with van der Waals surface area (Å²) in [5.41, 5.74) is 0.263. The van der Waals surface area contributed by atoms with E-state index in [9.17, 15) is 92.3 Å². The van der Waals surface area contributed by atoms with Gasteiger partial charge in [-0.3, -0.25) is 28.6 Å². The first-order valence-electron chi connectivity index (χ1n) is 25.8. The van der Waals surface area contributed by atoms with Gasteiger partial charge in [-0.1, -0.05) is 42.2 Å². The van der Waals surface area contributed by atoms with Gasteiger partial charge in [0.15, 0.2) is 0 Å². The van der Waals surface area contributed by atoms with Crippen molar-refractivity contribution in [3.05, 3.63) is 137 Å². The molecule has 45 heteroatoms. The number of anilines is 3.